The largest absolute Gasteiger partial charge is 0.490 e. The topological polar surface area (TPSA) is 73.9 Å². The zero-order valence-corrected chi connectivity index (χ0v) is 17.2. The van der Waals surface area contributed by atoms with Crippen LogP contribution in [0.15, 0.2) is 24.3 Å². The first kappa shape index (κ1) is 19.5. The molecule has 0 unspecified atom stereocenters. The number of esters is 1. The van der Waals surface area contributed by atoms with Gasteiger partial charge in [-0.2, -0.15) is 0 Å². The zero-order valence-electron chi connectivity index (χ0n) is 17.2. The highest BCUT2D eigenvalue weighted by molar-refractivity contribution is 5.89. The van der Waals surface area contributed by atoms with E-state index in [1.807, 2.05) is 18.2 Å². The van der Waals surface area contributed by atoms with Crippen LogP contribution in [0.2, 0.25) is 0 Å². The smallest absolute Gasteiger partial charge is 0.331 e. The number of ether oxygens (including phenoxy) is 3. The molecule has 0 radical (unpaired) electrons. The van der Waals surface area contributed by atoms with E-state index in [2.05, 4.69) is 5.32 Å². The molecular formula is C24H29NO5. The number of amides is 1. The molecule has 0 saturated heterocycles. The van der Waals surface area contributed by atoms with Gasteiger partial charge in [-0.1, -0.05) is 6.07 Å². The van der Waals surface area contributed by atoms with Crippen molar-refractivity contribution in [2.24, 2.45) is 17.8 Å². The maximum Gasteiger partial charge on any atom is 0.331 e. The predicted octanol–water partition coefficient (Wildman–Crippen LogP) is 3.49. The maximum atomic E-state index is 12.5. The second kappa shape index (κ2) is 7.97. The molecule has 1 amide bonds. The highest BCUT2D eigenvalue weighted by Crippen LogP contribution is 2.55. The SMILES string of the molecule is O=C(COC(=O)/C=C/c1ccc2c(c1)OCCCO2)NC12CC3CC(CC(C3)C1)C2. The molecule has 0 spiro atoms. The first-order valence-corrected chi connectivity index (χ1v) is 11.1. The fraction of sp³-hybridized carbons (Fsp3) is 0.583. The highest BCUT2D eigenvalue weighted by atomic mass is 16.5. The Labute approximate surface area is 177 Å². The Bertz CT molecular complexity index is 826. The second-order valence-electron chi connectivity index (χ2n) is 9.44. The monoisotopic (exact) mass is 411 g/mol. The molecule has 6 nitrogen and oxygen atoms in total. The summed E-state index contributed by atoms with van der Waals surface area (Å²) in [5, 5.41) is 3.22. The lowest BCUT2D eigenvalue weighted by Crippen LogP contribution is -2.60. The molecule has 30 heavy (non-hydrogen) atoms. The molecular weight excluding hydrogens is 382 g/mol. The van der Waals surface area contributed by atoms with Crippen molar-refractivity contribution in [3.05, 3.63) is 29.8 Å². The van der Waals surface area contributed by atoms with E-state index >= 15 is 0 Å². The number of rotatable bonds is 5. The van der Waals surface area contributed by atoms with Crippen LogP contribution in [0.1, 0.15) is 50.5 Å². The summed E-state index contributed by atoms with van der Waals surface area (Å²) >= 11 is 0. The Balaban J connectivity index is 1.12. The van der Waals surface area contributed by atoms with Gasteiger partial charge in [-0.05, 0) is 80.1 Å². The quantitative estimate of drug-likeness (QED) is 0.593. The Hall–Kier alpha value is -2.50. The summed E-state index contributed by atoms with van der Waals surface area (Å²) < 4.78 is 16.4. The van der Waals surface area contributed by atoms with E-state index < -0.39 is 5.97 Å². The number of hydrogen-bond donors (Lipinski definition) is 1. The van der Waals surface area contributed by atoms with Crippen LogP contribution in [0.25, 0.3) is 6.08 Å². The van der Waals surface area contributed by atoms with Gasteiger partial charge < -0.3 is 19.5 Å². The summed E-state index contributed by atoms with van der Waals surface area (Å²) in [5.41, 5.74) is 0.757. The Morgan fingerprint density at radius 2 is 1.70 bits per heavy atom. The molecule has 4 aliphatic carbocycles. The summed E-state index contributed by atoms with van der Waals surface area (Å²) in [6, 6.07) is 5.53. The normalized spacial score (nSPS) is 31.4. The van der Waals surface area contributed by atoms with Crippen molar-refractivity contribution in [2.45, 2.75) is 50.5 Å². The lowest BCUT2D eigenvalue weighted by molar-refractivity contribution is -0.145. The summed E-state index contributed by atoms with van der Waals surface area (Å²) in [6.45, 7) is 1.02. The Kier molecular flexibility index (Phi) is 5.17. The summed E-state index contributed by atoms with van der Waals surface area (Å²) in [6.07, 6.45) is 11.1. The van der Waals surface area contributed by atoms with Crippen molar-refractivity contribution in [1.29, 1.82) is 0 Å². The highest BCUT2D eigenvalue weighted by Gasteiger charge is 2.51. The zero-order chi connectivity index (χ0) is 20.6. The van der Waals surface area contributed by atoms with Gasteiger partial charge in [0.2, 0.25) is 0 Å². The van der Waals surface area contributed by atoms with Crippen molar-refractivity contribution in [1.82, 2.24) is 5.32 Å². The third-order valence-electron chi connectivity index (χ3n) is 6.97. The fourth-order valence-electron chi connectivity index (χ4n) is 6.23. The predicted molar refractivity (Wildman–Crippen MR) is 111 cm³/mol. The number of carbonyl (C=O) groups excluding carboxylic acids is 2. The third kappa shape index (κ3) is 4.18. The molecule has 4 fully saturated rings. The molecule has 1 aliphatic heterocycles. The standard InChI is InChI=1S/C24H29NO5/c26-22(25-24-12-17-8-18(13-24)10-19(9-17)14-24)15-30-23(27)5-3-16-2-4-20-21(11-16)29-7-1-6-28-20/h2-5,11,17-19H,1,6-10,12-15H2,(H,25,26)/b5-3+. The summed E-state index contributed by atoms with van der Waals surface area (Å²) in [5.74, 6) is 2.97. The maximum absolute atomic E-state index is 12.5. The number of benzene rings is 1. The van der Waals surface area contributed by atoms with Crippen LogP contribution in [0, 0.1) is 17.8 Å². The molecule has 1 aromatic carbocycles. The van der Waals surface area contributed by atoms with Crippen LogP contribution < -0.4 is 14.8 Å². The van der Waals surface area contributed by atoms with Gasteiger partial charge in [0, 0.05) is 18.0 Å². The molecule has 5 aliphatic rings. The van der Waals surface area contributed by atoms with E-state index in [4.69, 9.17) is 14.2 Å². The van der Waals surface area contributed by atoms with Crippen LogP contribution in [-0.2, 0) is 14.3 Å². The van der Waals surface area contributed by atoms with E-state index in [0.717, 1.165) is 49.0 Å². The van der Waals surface area contributed by atoms with E-state index in [1.165, 1.54) is 25.3 Å². The molecule has 0 aromatic heterocycles. The molecule has 1 heterocycles. The summed E-state index contributed by atoms with van der Waals surface area (Å²) in [4.78, 5) is 24.5. The van der Waals surface area contributed by atoms with E-state index in [0.29, 0.717) is 24.7 Å². The van der Waals surface area contributed by atoms with E-state index in [9.17, 15) is 9.59 Å². The molecule has 4 saturated carbocycles. The summed E-state index contributed by atoms with van der Waals surface area (Å²) in [7, 11) is 0. The molecule has 1 aromatic rings. The van der Waals surface area contributed by atoms with Crippen LogP contribution >= 0.6 is 0 Å². The third-order valence-corrected chi connectivity index (χ3v) is 6.97. The van der Waals surface area contributed by atoms with E-state index in [1.54, 1.807) is 6.08 Å². The molecule has 6 heteroatoms. The molecule has 6 rings (SSSR count). The van der Waals surface area contributed by atoms with Crippen LogP contribution in [0.4, 0.5) is 0 Å². The van der Waals surface area contributed by atoms with Crippen LogP contribution in [0.5, 0.6) is 11.5 Å². The van der Waals surface area contributed by atoms with Gasteiger partial charge in [0.05, 0.1) is 13.2 Å². The van der Waals surface area contributed by atoms with Crippen molar-refractivity contribution in [2.75, 3.05) is 19.8 Å². The van der Waals surface area contributed by atoms with Crippen molar-refractivity contribution in [3.8, 4) is 11.5 Å². The minimum atomic E-state index is -0.525. The average molecular weight is 411 g/mol. The minimum absolute atomic E-state index is 0.0575. The minimum Gasteiger partial charge on any atom is -0.490 e. The van der Waals surface area contributed by atoms with Crippen LogP contribution in [0.3, 0.4) is 0 Å². The van der Waals surface area contributed by atoms with Gasteiger partial charge in [-0.3, -0.25) is 4.79 Å². The number of carbonyl (C=O) groups is 2. The van der Waals surface area contributed by atoms with Gasteiger partial charge in [-0.15, -0.1) is 0 Å². The number of nitrogens with one attached hydrogen (secondary N) is 1. The molecule has 1 N–H and O–H groups in total. The lowest BCUT2D eigenvalue weighted by Gasteiger charge is -2.56. The van der Waals surface area contributed by atoms with Crippen molar-refractivity contribution in [3.63, 3.8) is 0 Å². The average Bonchev–Trinajstić information content (AvgIpc) is 2.94. The number of hydrogen-bond acceptors (Lipinski definition) is 5. The van der Waals surface area contributed by atoms with Crippen LogP contribution in [-0.4, -0.2) is 37.2 Å². The number of fused-ring (bicyclic) bond motifs is 1. The molecule has 160 valence electrons. The van der Waals surface area contributed by atoms with Gasteiger partial charge in [0.15, 0.2) is 18.1 Å². The Morgan fingerprint density at radius 1 is 1.03 bits per heavy atom. The second-order valence-corrected chi connectivity index (χ2v) is 9.44. The van der Waals surface area contributed by atoms with Gasteiger partial charge >= 0.3 is 5.97 Å². The van der Waals surface area contributed by atoms with Gasteiger partial charge in [0.1, 0.15) is 0 Å². The van der Waals surface area contributed by atoms with E-state index in [-0.39, 0.29) is 18.1 Å². The first-order valence-electron chi connectivity index (χ1n) is 11.1. The Morgan fingerprint density at radius 3 is 2.40 bits per heavy atom. The first-order chi connectivity index (χ1) is 14.6. The van der Waals surface area contributed by atoms with Gasteiger partial charge in [0.25, 0.3) is 5.91 Å². The van der Waals surface area contributed by atoms with Gasteiger partial charge in [-0.25, -0.2) is 4.79 Å². The molecule has 4 bridgehead atoms. The van der Waals surface area contributed by atoms with Crippen molar-refractivity contribution >= 4 is 18.0 Å². The molecule has 0 atom stereocenters. The van der Waals surface area contributed by atoms with Crippen molar-refractivity contribution < 1.29 is 23.8 Å². The fourth-order valence-corrected chi connectivity index (χ4v) is 6.23. The lowest BCUT2D eigenvalue weighted by atomic mass is 9.53.